The van der Waals surface area contributed by atoms with Gasteiger partial charge in [0.05, 0.1) is 0 Å². The summed E-state index contributed by atoms with van der Waals surface area (Å²) in [7, 11) is 0. The maximum absolute atomic E-state index is 13.5. The van der Waals surface area contributed by atoms with Crippen LogP contribution in [0, 0.1) is 5.82 Å². The summed E-state index contributed by atoms with van der Waals surface area (Å²) in [4.78, 5) is 8.53. The van der Waals surface area contributed by atoms with E-state index in [1.54, 1.807) is 12.3 Å². The summed E-state index contributed by atoms with van der Waals surface area (Å²) in [5.74, 6) is 0.270. The molecule has 0 unspecified atom stereocenters. The lowest BCUT2D eigenvalue weighted by Crippen LogP contribution is -2.49. The monoisotopic (exact) mass is 223 g/mol. The molecule has 1 aliphatic rings. The summed E-state index contributed by atoms with van der Waals surface area (Å²) < 4.78 is 13.5. The van der Waals surface area contributed by atoms with Crippen LogP contribution in [0.2, 0.25) is 0 Å². The van der Waals surface area contributed by atoms with Gasteiger partial charge in [-0.3, -0.25) is 4.90 Å². The van der Waals surface area contributed by atoms with Crippen LogP contribution in [0.4, 0.5) is 10.2 Å². The maximum atomic E-state index is 13.5. The third kappa shape index (κ3) is 2.32. The minimum Gasteiger partial charge on any atom is -0.352 e. The standard InChI is InChI=1S/C12H18FN3/c1-10(2)15-6-8-16(9-7-15)12-11(13)4-3-5-14-12/h3-5,10H,6-9H2,1-2H3. The van der Waals surface area contributed by atoms with E-state index in [-0.39, 0.29) is 5.82 Å². The molecule has 16 heavy (non-hydrogen) atoms. The summed E-state index contributed by atoms with van der Waals surface area (Å²) in [6.07, 6.45) is 1.65. The Bertz CT molecular complexity index is 346. The van der Waals surface area contributed by atoms with Gasteiger partial charge < -0.3 is 4.90 Å². The Balaban J connectivity index is 2.02. The SMILES string of the molecule is CC(C)N1CCN(c2ncccc2F)CC1. The van der Waals surface area contributed by atoms with Crippen LogP contribution in [0.5, 0.6) is 0 Å². The first-order valence-corrected chi connectivity index (χ1v) is 5.78. The van der Waals surface area contributed by atoms with Crippen molar-refractivity contribution in [1.29, 1.82) is 0 Å². The second-order valence-corrected chi connectivity index (χ2v) is 4.43. The van der Waals surface area contributed by atoms with Crippen molar-refractivity contribution in [2.45, 2.75) is 19.9 Å². The molecule has 0 aliphatic carbocycles. The Kier molecular flexibility index (Phi) is 3.39. The number of pyridine rings is 1. The molecule has 0 bridgehead atoms. The van der Waals surface area contributed by atoms with E-state index >= 15 is 0 Å². The number of anilines is 1. The fourth-order valence-corrected chi connectivity index (χ4v) is 2.06. The number of nitrogens with zero attached hydrogens (tertiary/aromatic N) is 3. The molecule has 0 amide bonds. The van der Waals surface area contributed by atoms with Gasteiger partial charge in [-0.15, -0.1) is 0 Å². The van der Waals surface area contributed by atoms with Crippen LogP contribution in [0.3, 0.4) is 0 Å². The van der Waals surface area contributed by atoms with Gasteiger partial charge in [0.25, 0.3) is 0 Å². The third-order valence-electron chi connectivity index (χ3n) is 3.08. The van der Waals surface area contributed by atoms with Crippen LogP contribution >= 0.6 is 0 Å². The average Bonchev–Trinajstić information content (AvgIpc) is 2.30. The zero-order valence-electron chi connectivity index (χ0n) is 9.86. The average molecular weight is 223 g/mol. The van der Waals surface area contributed by atoms with Gasteiger partial charge in [-0.1, -0.05) is 0 Å². The van der Waals surface area contributed by atoms with Gasteiger partial charge in [0.1, 0.15) is 0 Å². The second kappa shape index (κ2) is 4.78. The largest absolute Gasteiger partial charge is 0.352 e. The molecule has 1 aliphatic heterocycles. The summed E-state index contributed by atoms with van der Waals surface area (Å²) in [5.41, 5.74) is 0. The van der Waals surface area contributed by atoms with Crippen LogP contribution in [0.15, 0.2) is 18.3 Å². The van der Waals surface area contributed by atoms with Crippen LogP contribution < -0.4 is 4.90 Å². The molecule has 4 heteroatoms. The van der Waals surface area contributed by atoms with E-state index in [4.69, 9.17) is 0 Å². The van der Waals surface area contributed by atoms with Gasteiger partial charge in [-0.2, -0.15) is 0 Å². The fraction of sp³-hybridized carbons (Fsp3) is 0.583. The first-order valence-electron chi connectivity index (χ1n) is 5.78. The van der Waals surface area contributed by atoms with Gasteiger partial charge in [-0.05, 0) is 26.0 Å². The molecule has 88 valence electrons. The second-order valence-electron chi connectivity index (χ2n) is 4.43. The Labute approximate surface area is 95.9 Å². The lowest BCUT2D eigenvalue weighted by atomic mass is 10.2. The van der Waals surface area contributed by atoms with E-state index in [0.29, 0.717) is 11.9 Å². The molecule has 0 radical (unpaired) electrons. The minimum absolute atomic E-state index is 0.222. The van der Waals surface area contributed by atoms with Crippen LogP contribution in [-0.2, 0) is 0 Å². The summed E-state index contributed by atoms with van der Waals surface area (Å²) in [6, 6.07) is 3.66. The lowest BCUT2D eigenvalue weighted by Gasteiger charge is -2.37. The number of halogens is 1. The highest BCUT2D eigenvalue weighted by molar-refractivity contribution is 5.40. The van der Waals surface area contributed by atoms with Crippen molar-refractivity contribution in [3.05, 3.63) is 24.1 Å². The summed E-state index contributed by atoms with van der Waals surface area (Å²) in [5, 5.41) is 0. The van der Waals surface area contributed by atoms with E-state index in [1.165, 1.54) is 6.07 Å². The third-order valence-corrected chi connectivity index (χ3v) is 3.08. The van der Waals surface area contributed by atoms with Gasteiger partial charge in [0.15, 0.2) is 11.6 Å². The van der Waals surface area contributed by atoms with Crippen LogP contribution in [0.25, 0.3) is 0 Å². The molecule has 1 aromatic rings. The highest BCUT2D eigenvalue weighted by Gasteiger charge is 2.21. The Morgan fingerprint density at radius 3 is 2.50 bits per heavy atom. The molecular weight excluding hydrogens is 205 g/mol. The number of hydrogen-bond donors (Lipinski definition) is 0. The molecule has 1 saturated heterocycles. The maximum Gasteiger partial charge on any atom is 0.165 e. The van der Waals surface area contributed by atoms with Crippen molar-refractivity contribution in [3.63, 3.8) is 0 Å². The number of aromatic nitrogens is 1. The molecule has 0 N–H and O–H groups in total. The van der Waals surface area contributed by atoms with Gasteiger partial charge in [0.2, 0.25) is 0 Å². The normalized spacial score (nSPS) is 18.1. The highest BCUT2D eigenvalue weighted by atomic mass is 19.1. The fourth-order valence-electron chi connectivity index (χ4n) is 2.06. The molecule has 0 saturated carbocycles. The van der Waals surface area contributed by atoms with E-state index in [9.17, 15) is 4.39 Å². The quantitative estimate of drug-likeness (QED) is 0.761. The smallest absolute Gasteiger partial charge is 0.165 e. The van der Waals surface area contributed by atoms with Gasteiger partial charge in [-0.25, -0.2) is 9.37 Å². The van der Waals surface area contributed by atoms with Crippen molar-refractivity contribution >= 4 is 5.82 Å². The molecule has 1 fully saturated rings. The van der Waals surface area contributed by atoms with Gasteiger partial charge >= 0.3 is 0 Å². The topological polar surface area (TPSA) is 19.4 Å². The van der Waals surface area contributed by atoms with E-state index in [1.807, 2.05) is 4.90 Å². The van der Waals surface area contributed by atoms with Crippen molar-refractivity contribution < 1.29 is 4.39 Å². The molecule has 3 nitrogen and oxygen atoms in total. The van der Waals surface area contributed by atoms with Crippen LogP contribution in [0.1, 0.15) is 13.8 Å². The van der Waals surface area contributed by atoms with Crippen molar-refractivity contribution in [2.24, 2.45) is 0 Å². The van der Waals surface area contributed by atoms with Crippen molar-refractivity contribution in [2.75, 3.05) is 31.1 Å². The van der Waals surface area contributed by atoms with Gasteiger partial charge in [0, 0.05) is 38.4 Å². The molecule has 1 aromatic heterocycles. The predicted octanol–water partition coefficient (Wildman–Crippen LogP) is 1.75. The summed E-state index contributed by atoms with van der Waals surface area (Å²) >= 11 is 0. The number of rotatable bonds is 2. The lowest BCUT2D eigenvalue weighted by molar-refractivity contribution is 0.208. The Hall–Kier alpha value is -1.16. The van der Waals surface area contributed by atoms with E-state index in [2.05, 4.69) is 23.7 Å². The molecule has 0 spiro atoms. The molecule has 0 atom stereocenters. The van der Waals surface area contributed by atoms with Crippen LogP contribution in [-0.4, -0.2) is 42.1 Å². The number of hydrogen-bond acceptors (Lipinski definition) is 3. The zero-order chi connectivity index (χ0) is 11.5. The van der Waals surface area contributed by atoms with Crippen molar-refractivity contribution in [3.8, 4) is 0 Å². The molecule has 2 rings (SSSR count). The van der Waals surface area contributed by atoms with E-state index < -0.39 is 0 Å². The number of piperazine rings is 1. The molecule has 2 heterocycles. The van der Waals surface area contributed by atoms with E-state index in [0.717, 1.165) is 26.2 Å². The summed E-state index contributed by atoms with van der Waals surface area (Å²) in [6.45, 7) is 8.05. The molecular formula is C12H18FN3. The first-order chi connectivity index (χ1) is 7.68. The molecule has 0 aromatic carbocycles. The minimum atomic E-state index is -0.222. The highest BCUT2D eigenvalue weighted by Crippen LogP contribution is 2.17. The Morgan fingerprint density at radius 2 is 1.94 bits per heavy atom. The van der Waals surface area contributed by atoms with Crippen molar-refractivity contribution in [1.82, 2.24) is 9.88 Å². The Morgan fingerprint density at radius 1 is 1.25 bits per heavy atom. The first kappa shape index (κ1) is 11.3. The zero-order valence-corrected chi connectivity index (χ0v) is 9.86. The predicted molar refractivity (Wildman–Crippen MR) is 63.1 cm³/mol.